The summed E-state index contributed by atoms with van der Waals surface area (Å²) in [5.41, 5.74) is 5.03. The van der Waals surface area contributed by atoms with Gasteiger partial charge < -0.3 is 10.1 Å². The van der Waals surface area contributed by atoms with Gasteiger partial charge in [-0.05, 0) is 66.8 Å². The van der Waals surface area contributed by atoms with Gasteiger partial charge in [-0.1, -0.05) is 61.5 Å². The van der Waals surface area contributed by atoms with Crippen LogP contribution < -0.4 is 15.0 Å². The molecule has 9 nitrogen and oxygen atoms in total. The van der Waals surface area contributed by atoms with Gasteiger partial charge in [0, 0.05) is 12.1 Å². The molecule has 0 bridgehead atoms. The minimum atomic E-state index is -4.76. The molecule has 3 aromatic carbocycles. The number of rotatable bonds is 8. The van der Waals surface area contributed by atoms with Crippen LogP contribution in [0.15, 0.2) is 78.0 Å². The number of urea groups is 1. The molecule has 0 saturated carbocycles. The normalized spacial score (nSPS) is 14.5. The van der Waals surface area contributed by atoms with Crippen LogP contribution >= 0.6 is 11.8 Å². The van der Waals surface area contributed by atoms with Gasteiger partial charge in [-0.15, -0.1) is 18.3 Å². The number of ether oxygens (including phenoxy) is 1. The number of benzene rings is 3. The molecule has 3 amide bonds. The van der Waals surface area contributed by atoms with Gasteiger partial charge in [-0.25, -0.2) is 14.5 Å². The number of nitrogens with one attached hydrogen (secondary N) is 1. The minimum absolute atomic E-state index is 0.164. The molecule has 0 spiro atoms. The maximum absolute atomic E-state index is 12.7. The van der Waals surface area contributed by atoms with Crippen molar-refractivity contribution in [3.8, 4) is 22.8 Å². The molecule has 1 aliphatic rings. The second-order valence-electron chi connectivity index (χ2n) is 10.4. The number of aryl methyl sites for hydroxylation is 1. The summed E-state index contributed by atoms with van der Waals surface area (Å²) >= 11 is 1.11. The summed E-state index contributed by atoms with van der Waals surface area (Å²) in [6.07, 6.45) is -2.78. The van der Waals surface area contributed by atoms with Crippen molar-refractivity contribution < 1.29 is 27.5 Å². The second kappa shape index (κ2) is 12.9. The van der Waals surface area contributed by atoms with E-state index in [0.29, 0.717) is 36.1 Å². The molecule has 0 aliphatic carbocycles. The molecule has 1 aliphatic heterocycles. The first-order chi connectivity index (χ1) is 21.0. The molecule has 0 radical (unpaired) electrons. The van der Waals surface area contributed by atoms with Gasteiger partial charge in [0.25, 0.3) is 5.24 Å². The standard InChI is InChI=1S/C31H29F3N6O3S/c1-19(2)25-15-20(3)7-12-26(25)40-27(17-44-30(40)42)37-29(41)35-14-13-21-5-4-6-22(16-21)28-36-18-39(38-28)23-8-10-24(11-9-23)43-31(32,33)34/h4-12,15-16,18-19H,13-14,17H2,1-3H3,(H,35,41). The molecule has 1 fully saturated rings. The number of carbonyl (C=O) groups is 2. The zero-order valence-corrected chi connectivity index (χ0v) is 24.9. The molecule has 228 valence electrons. The highest BCUT2D eigenvalue weighted by atomic mass is 32.2. The monoisotopic (exact) mass is 622 g/mol. The van der Waals surface area contributed by atoms with Crippen LogP contribution in [-0.4, -0.2) is 50.5 Å². The van der Waals surface area contributed by atoms with E-state index in [1.54, 1.807) is 0 Å². The first-order valence-electron chi connectivity index (χ1n) is 13.8. The summed E-state index contributed by atoms with van der Waals surface area (Å²) < 4.78 is 42.6. The zero-order valence-electron chi connectivity index (χ0n) is 24.1. The van der Waals surface area contributed by atoms with E-state index in [4.69, 9.17) is 0 Å². The number of aromatic nitrogens is 3. The van der Waals surface area contributed by atoms with E-state index in [0.717, 1.165) is 39.7 Å². The summed E-state index contributed by atoms with van der Waals surface area (Å²) in [6, 6.07) is 18.2. The van der Waals surface area contributed by atoms with Crippen molar-refractivity contribution in [2.45, 2.75) is 39.5 Å². The Morgan fingerprint density at radius 2 is 1.89 bits per heavy atom. The lowest BCUT2D eigenvalue weighted by atomic mass is 9.98. The predicted molar refractivity (Wildman–Crippen MR) is 164 cm³/mol. The van der Waals surface area contributed by atoms with Crippen molar-refractivity contribution in [2.75, 3.05) is 17.2 Å². The maximum Gasteiger partial charge on any atom is 0.573 e. The van der Waals surface area contributed by atoms with E-state index in [1.165, 1.54) is 40.2 Å². The van der Waals surface area contributed by atoms with Crippen molar-refractivity contribution in [3.05, 3.63) is 89.7 Å². The highest BCUT2D eigenvalue weighted by Gasteiger charge is 2.32. The van der Waals surface area contributed by atoms with Gasteiger partial charge in [0.2, 0.25) is 0 Å². The second-order valence-corrected chi connectivity index (χ2v) is 11.3. The molecule has 0 atom stereocenters. The van der Waals surface area contributed by atoms with Gasteiger partial charge in [-0.2, -0.15) is 4.99 Å². The maximum atomic E-state index is 12.7. The van der Waals surface area contributed by atoms with Crippen LogP contribution in [0.3, 0.4) is 0 Å². The lowest BCUT2D eigenvalue weighted by Gasteiger charge is -2.22. The highest BCUT2D eigenvalue weighted by molar-refractivity contribution is 8.15. The fourth-order valence-electron chi connectivity index (χ4n) is 4.68. The molecule has 5 rings (SSSR count). The number of thioether (sulfide) groups is 1. The molecule has 0 unspecified atom stereocenters. The fraction of sp³-hybridized carbons (Fsp3) is 0.258. The fourth-order valence-corrected chi connectivity index (χ4v) is 5.46. The van der Waals surface area contributed by atoms with Crippen LogP contribution in [0.4, 0.5) is 28.4 Å². The number of amides is 3. The SMILES string of the molecule is Cc1ccc(N2C(=O)SCC2=NC(=O)NCCc2cccc(-c3ncn(-c4ccc(OC(F)(F)F)cc4)n3)c2)c(C(C)C)c1. The first kappa shape index (κ1) is 30.8. The van der Waals surface area contributed by atoms with E-state index in [-0.39, 0.29) is 16.9 Å². The van der Waals surface area contributed by atoms with E-state index in [9.17, 15) is 22.8 Å². The number of nitrogens with zero attached hydrogens (tertiary/aromatic N) is 5. The van der Waals surface area contributed by atoms with Gasteiger partial charge >= 0.3 is 12.4 Å². The van der Waals surface area contributed by atoms with Gasteiger partial charge in [0.05, 0.1) is 17.1 Å². The topological polar surface area (TPSA) is 102 Å². The predicted octanol–water partition coefficient (Wildman–Crippen LogP) is 7.29. The summed E-state index contributed by atoms with van der Waals surface area (Å²) in [6.45, 7) is 6.44. The quantitative estimate of drug-likeness (QED) is 0.222. The number of hydrogen-bond donors (Lipinski definition) is 1. The Morgan fingerprint density at radius 1 is 1.11 bits per heavy atom. The van der Waals surface area contributed by atoms with Crippen molar-refractivity contribution in [1.82, 2.24) is 20.1 Å². The molecule has 2 heterocycles. The van der Waals surface area contributed by atoms with Crippen LogP contribution in [0.1, 0.15) is 36.5 Å². The lowest BCUT2D eigenvalue weighted by molar-refractivity contribution is -0.274. The third-order valence-corrected chi connectivity index (χ3v) is 7.58. The van der Waals surface area contributed by atoms with Gasteiger partial charge in [0.15, 0.2) is 5.82 Å². The molecule has 1 saturated heterocycles. The smallest absolute Gasteiger partial charge is 0.406 e. The van der Waals surface area contributed by atoms with Crippen molar-refractivity contribution in [3.63, 3.8) is 0 Å². The number of alkyl halides is 3. The molecular formula is C31H29F3N6O3S. The number of hydrogen-bond acceptors (Lipinski definition) is 6. The van der Waals surface area contributed by atoms with E-state index in [2.05, 4.69) is 45.0 Å². The van der Waals surface area contributed by atoms with Crippen LogP contribution in [0.5, 0.6) is 5.75 Å². The van der Waals surface area contributed by atoms with E-state index >= 15 is 0 Å². The Labute approximate surface area is 256 Å². The Hall–Kier alpha value is -4.65. The first-order valence-corrected chi connectivity index (χ1v) is 14.8. The van der Waals surface area contributed by atoms with E-state index < -0.39 is 12.4 Å². The molecular weight excluding hydrogens is 593 g/mol. The third-order valence-electron chi connectivity index (χ3n) is 6.74. The summed E-state index contributed by atoms with van der Waals surface area (Å²) in [5.74, 6) is 0.997. The van der Waals surface area contributed by atoms with Crippen molar-refractivity contribution in [2.24, 2.45) is 4.99 Å². The molecule has 4 aromatic rings. The number of carbonyl (C=O) groups excluding carboxylic acids is 2. The van der Waals surface area contributed by atoms with Crippen LogP contribution in [0.2, 0.25) is 0 Å². The zero-order chi connectivity index (χ0) is 31.4. The Balaban J connectivity index is 1.21. The third kappa shape index (κ3) is 7.46. The van der Waals surface area contributed by atoms with Crippen LogP contribution in [-0.2, 0) is 6.42 Å². The van der Waals surface area contributed by atoms with Gasteiger partial charge in [-0.3, -0.25) is 9.69 Å². The number of aliphatic imine (C=N–C) groups is 1. The van der Waals surface area contributed by atoms with Crippen molar-refractivity contribution in [1.29, 1.82) is 0 Å². The summed E-state index contributed by atoms with van der Waals surface area (Å²) in [5, 5.41) is 7.08. The van der Waals surface area contributed by atoms with Crippen molar-refractivity contribution >= 4 is 34.6 Å². The number of halogens is 3. The summed E-state index contributed by atoms with van der Waals surface area (Å²) in [7, 11) is 0. The van der Waals surface area contributed by atoms with Gasteiger partial charge in [0.1, 0.15) is 17.9 Å². The largest absolute Gasteiger partial charge is 0.573 e. The Kier molecular flexibility index (Phi) is 9.04. The molecule has 44 heavy (non-hydrogen) atoms. The highest BCUT2D eigenvalue weighted by Crippen LogP contribution is 2.34. The van der Waals surface area contributed by atoms with Crippen LogP contribution in [0, 0.1) is 6.92 Å². The molecule has 1 aromatic heterocycles. The minimum Gasteiger partial charge on any atom is -0.406 e. The molecule has 1 N–H and O–H groups in total. The number of amidine groups is 1. The van der Waals surface area contributed by atoms with Crippen LogP contribution in [0.25, 0.3) is 17.1 Å². The molecule has 13 heteroatoms. The Bertz CT molecular complexity index is 1700. The van der Waals surface area contributed by atoms with E-state index in [1.807, 2.05) is 43.3 Å². The average molecular weight is 623 g/mol. The summed E-state index contributed by atoms with van der Waals surface area (Å²) in [4.78, 5) is 35.5. The average Bonchev–Trinajstić information content (AvgIpc) is 3.60. The number of anilines is 1. The lowest BCUT2D eigenvalue weighted by Crippen LogP contribution is -2.32. The Morgan fingerprint density at radius 3 is 2.61 bits per heavy atom.